The first-order valence-corrected chi connectivity index (χ1v) is 5.33. The molecule has 0 fully saturated rings. The second-order valence-electron chi connectivity index (χ2n) is 3.05. The second-order valence-corrected chi connectivity index (χ2v) is 3.84. The van der Waals surface area contributed by atoms with E-state index in [1.165, 1.54) is 6.33 Å². The monoisotopic (exact) mass is 273 g/mol. The van der Waals surface area contributed by atoms with Gasteiger partial charge in [0.15, 0.2) is 0 Å². The quantitative estimate of drug-likeness (QED) is 0.801. The SMILES string of the molecule is Cc1ncnc(NCCCC(=O)O)c1Br. The Balaban J connectivity index is 2.44. The van der Waals surface area contributed by atoms with Crippen LogP contribution in [-0.2, 0) is 4.79 Å². The van der Waals surface area contributed by atoms with E-state index in [1.54, 1.807) is 0 Å². The lowest BCUT2D eigenvalue weighted by molar-refractivity contribution is -0.137. The summed E-state index contributed by atoms with van der Waals surface area (Å²) in [5, 5.41) is 11.5. The number of anilines is 1. The van der Waals surface area contributed by atoms with Crippen molar-refractivity contribution in [3.63, 3.8) is 0 Å². The van der Waals surface area contributed by atoms with Gasteiger partial charge in [0.1, 0.15) is 12.1 Å². The number of rotatable bonds is 5. The Morgan fingerprint density at radius 3 is 3.00 bits per heavy atom. The summed E-state index contributed by atoms with van der Waals surface area (Å²) in [6, 6.07) is 0. The van der Waals surface area contributed by atoms with E-state index in [4.69, 9.17) is 5.11 Å². The van der Waals surface area contributed by atoms with E-state index in [1.807, 2.05) is 6.92 Å². The van der Waals surface area contributed by atoms with Gasteiger partial charge < -0.3 is 10.4 Å². The van der Waals surface area contributed by atoms with Crippen LogP contribution in [0.3, 0.4) is 0 Å². The lowest BCUT2D eigenvalue weighted by Gasteiger charge is -2.07. The second kappa shape index (κ2) is 5.65. The van der Waals surface area contributed by atoms with Crippen molar-refractivity contribution in [3.05, 3.63) is 16.5 Å². The highest BCUT2D eigenvalue weighted by molar-refractivity contribution is 9.10. The number of hydrogen-bond donors (Lipinski definition) is 2. The van der Waals surface area contributed by atoms with E-state index in [2.05, 4.69) is 31.2 Å². The molecule has 0 amide bonds. The summed E-state index contributed by atoms with van der Waals surface area (Å²) in [4.78, 5) is 18.3. The summed E-state index contributed by atoms with van der Waals surface area (Å²) in [6.07, 6.45) is 2.21. The highest BCUT2D eigenvalue weighted by Gasteiger charge is 2.04. The summed E-state index contributed by atoms with van der Waals surface area (Å²) < 4.78 is 0.820. The Kier molecular flexibility index (Phi) is 4.48. The molecule has 15 heavy (non-hydrogen) atoms. The molecule has 0 aromatic carbocycles. The molecule has 1 aromatic rings. The molecule has 0 saturated heterocycles. The molecule has 1 rings (SSSR count). The smallest absolute Gasteiger partial charge is 0.303 e. The standard InChI is InChI=1S/C9H12BrN3O2/c1-6-8(10)9(13-5-12-6)11-4-2-3-7(14)15/h5H,2-4H2,1H3,(H,14,15)(H,11,12,13). The molecule has 2 N–H and O–H groups in total. The summed E-state index contributed by atoms with van der Waals surface area (Å²) in [6.45, 7) is 2.45. The molecule has 0 aliphatic carbocycles. The van der Waals surface area contributed by atoms with Crippen molar-refractivity contribution in [2.24, 2.45) is 0 Å². The van der Waals surface area contributed by atoms with Crippen molar-refractivity contribution in [1.29, 1.82) is 0 Å². The normalized spacial score (nSPS) is 10.0. The van der Waals surface area contributed by atoms with Crippen molar-refractivity contribution in [3.8, 4) is 0 Å². The maximum Gasteiger partial charge on any atom is 0.303 e. The Morgan fingerprint density at radius 2 is 2.33 bits per heavy atom. The molecule has 0 saturated carbocycles. The third-order valence-electron chi connectivity index (χ3n) is 1.82. The molecule has 0 radical (unpaired) electrons. The number of carbonyl (C=O) groups is 1. The van der Waals surface area contributed by atoms with E-state index in [0.717, 1.165) is 10.2 Å². The number of hydrogen-bond acceptors (Lipinski definition) is 4. The van der Waals surface area contributed by atoms with Gasteiger partial charge in [0, 0.05) is 13.0 Å². The molecule has 0 unspecified atom stereocenters. The number of nitrogens with zero attached hydrogens (tertiary/aromatic N) is 2. The predicted molar refractivity (Wildman–Crippen MR) is 59.8 cm³/mol. The summed E-state index contributed by atoms with van der Waals surface area (Å²) in [5.74, 6) is -0.0809. The first kappa shape index (κ1) is 11.9. The van der Waals surface area contributed by atoms with Crippen LogP contribution in [0.25, 0.3) is 0 Å². The molecule has 0 spiro atoms. The minimum atomic E-state index is -0.783. The van der Waals surface area contributed by atoms with Gasteiger partial charge >= 0.3 is 5.97 Å². The molecule has 0 aliphatic rings. The fourth-order valence-corrected chi connectivity index (χ4v) is 1.37. The third kappa shape index (κ3) is 3.83. The largest absolute Gasteiger partial charge is 0.481 e. The maximum absolute atomic E-state index is 10.3. The first-order chi connectivity index (χ1) is 7.11. The minimum Gasteiger partial charge on any atom is -0.481 e. The van der Waals surface area contributed by atoms with Crippen LogP contribution in [0.5, 0.6) is 0 Å². The molecule has 6 heteroatoms. The highest BCUT2D eigenvalue weighted by Crippen LogP contribution is 2.21. The lowest BCUT2D eigenvalue weighted by Crippen LogP contribution is -2.07. The van der Waals surface area contributed by atoms with Crippen molar-refractivity contribution >= 4 is 27.7 Å². The van der Waals surface area contributed by atoms with Crippen LogP contribution < -0.4 is 5.32 Å². The first-order valence-electron chi connectivity index (χ1n) is 4.54. The average Bonchev–Trinajstić information content (AvgIpc) is 2.18. The van der Waals surface area contributed by atoms with Crippen LogP contribution in [-0.4, -0.2) is 27.6 Å². The van der Waals surface area contributed by atoms with Gasteiger partial charge in [-0.2, -0.15) is 0 Å². The number of carboxylic acid groups (broad SMARTS) is 1. The van der Waals surface area contributed by atoms with Gasteiger partial charge in [0.05, 0.1) is 10.2 Å². The molecule has 0 bridgehead atoms. The predicted octanol–water partition coefficient (Wildman–Crippen LogP) is 1.82. The zero-order chi connectivity index (χ0) is 11.3. The van der Waals surface area contributed by atoms with E-state index in [-0.39, 0.29) is 6.42 Å². The van der Waals surface area contributed by atoms with Crippen molar-refractivity contribution < 1.29 is 9.90 Å². The number of aryl methyl sites for hydroxylation is 1. The molecule has 82 valence electrons. The highest BCUT2D eigenvalue weighted by atomic mass is 79.9. The number of carboxylic acids is 1. The summed E-state index contributed by atoms with van der Waals surface area (Å²) in [5.41, 5.74) is 0.853. The number of halogens is 1. The van der Waals surface area contributed by atoms with Crippen LogP contribution in [0.1, 0.15) is 18.5 Å². The molecular weight excluding hydrogens is 262 g/mol. The Morgan fingerprint density at radius 1 is 1.60 bits per heavy atom. The van der Waals surface area contributed by atoms with Crippen LogP contribution in [0.4, 0.5) is 5.82 Å². The third-order valence-corrected chi connectivity index (χ3v) is 2.77. The maximum atomic E-state index is 10.3. The Labute approximate surface area is 96.1 Å². The molecule has 1 aromatic heterocycles. The van der Waals surface area contributed by atoms with E-state index < -0.39 is 5.97 Å². The molecule has 5 nitrogen and oxygen atoms in total. The zero-order valence-corrected chi connectivity index (χ0v) is 9.91. The number of aromatic nitrogens is 2. The van der Waals surface area contributed by atoms with Gasteiger partial charge in [-0.25, -0.2) is 9.97 Å². The summed E-state index contributed by atoms with van der Waals surface area (Å²) in [7, 11) is 0. The van der Waals surface area contributed by atoms with E-state index >= 15 is 0 Å². The fourth-order valence-electron chi connectivity index (χ4n) is 1.03. The Bertz CT molecular complexity index is 357. The zero-order valence-electron chi connectivity index (χ0n) is 8.33. The van der Waals surface area contributed by atoms with Crippen LogP contribution >= 0.6 is 15.9 Å². The molecule has 0 aliphatic heterocycles. The van der Waals surface area contributed by atoms with Gasteiger partial charge in [-0.05, 0) is 29.3 Å². The van der Waals surface area contributed by atoms with Crippen LogP contribution in [0, 0.1) is 6.92 Å². The Hall–Kier alpha value is -1.17. The number of nitrogens with one attached hydrogen (secondary N) is 1. The lowest BCUT2D eigenvalue weighted by atomic mass is 10.3. The van der Waals surface area contributed by atoms with Gasteiger partial charge in [-0.3, -0.25) is 4.79 Å². The van der Waals surface area contributed by atoms with Gasteiger partial charge in [-0.15, -0.1) is 0 Å². The minimum absolute atomic E-state index is 0.161. The fraction of sp³-hybridized carbons (Fsp3) is 0.444. The van der Waals surface area contributed by atoms with Crippen LogP contribution in [0.2, 0.25) is 0 Å². The average molecular weight is 274 g/mol. The van der Waals surface area contributed by atoms with Crippen molar-refractivity contribution in [1.82, 2.24) is 9.97 Å². The molecule has 0 atom stereocenters. The number of aliphatic carboxylic acids is 1. The van der Waals surface area contributed by atoms with Gasteiger partial charge in [0.2, 0.25) is 0 Å². The molecular formula is C9H12BrN3O2. The van der Waals surface area contributed by atoms with Crippen molar-refractivity contribution in [2.45, 2.75) is 19.8 Å². The van der Waals surface area contributed by atoms with Gasteiger partial charge in [-0.1, -0.05) is 0 Å². The van der Waals surface area contributed by atoms with E-state index in [0.29, 0.717) is 18.8 Å². The summed E-state index contributed by atoms with van der Waals surface area (Å²) >= 11 is 3.36. The van der Waals surface area contributed by atoms with Gasteiger partial charge in [0.25, 0.3) is 0 Å². The molecule has 1 heterocycles. The van der Waals surface area contributed by atoms with E-state index in [9.17, 15) is 4.79 Å². The van der Waals surface area contributed by atoms with Crippen molar-refractivity contribution in [2.75, 3.05) is 11.9 Å². The van der Waals surface area contributed by atoms with Crippen LogP contribution in [0.15, 0.2) is 10.8 Å². The topological polar surface area (TPSA) is 75.1 Å².